The fraction of sp³-hybridized carbons (Fsp3) is 0.222. The molecule has 0 aliphatic heterocycles. The molecule has 0 atom stereocenters. The van der Waals surface area contributed by atoms with Crippen molar-refractivity contribution in [2.24, 2.45) is 0 Å². The van der Waals surface area contributed by atoms with Crippen molar-refractivity contribution in [3.8, 4) is 0 Å². The topological polar surface area (TPSA) is 55.4 Å². The summed E-state index contributed by atoms with van der Waals surface area (Å²) in [6, 6.07) is 12.6. The van der Waals surface area contributed by atoms with Crippen LogP contribution in [0.1, 0.15) is 35.7 Å². The Hall–Kier alpha value is -2.69. The Morgan fingerprint density at radius 1 is 1.13 bits per heavy atom. The minimum atomic E-state index is -0.741. The molecule has 5 heteroatoms. The SMILES string of the molecule is CC(C)c1ccc(NC(=O)COC(=O)c2cccc(F)c2)cc1. The molecule has 1 N–H and O–H groups in total. The maximum absolute atomic E-state index is 13.0. The second-order valence-electron chi connectivity index (χ2n) is 5.41. The lowest BCUT2D eigenvalue weighted by Crippen LogP contribution is -2.21. The fourth-order valence-corrected chi connectivity index (χ4v) is 1.98. The van der Waals surface area contributed by atoms with Gasteiger partial charge in [-0.1, -0.05) is 32.0 Å². The van der Waals surface area contributed by atoms with Gasteiger partial charge in [-0.25, -0.2) is 9.18 Å². The van der Waals surface area contributed by atoms with E-state index in [0.29, 0.717) is 11.6 Å². The molecule has 120 valence electrons. The summed E-state index contributed by atoms with van der Waals surface area (Å²) in [4.78, 5) is 23.5. The van der Waals surface area contributed by atoms with Crippen molar-refractivity contribution in [3.63, 3.8) is 0 Å². The van der Waals surface area contributed by atoms with Crippen LogP contribution in [0.15, 0.2) is 48.5 Å². The quantitative estimate of drug-likeness (QED) is 0.855. The van der Waals surface area contributed by atoms with Crippen LogP contribution in [0.25, 0.3) is 0 Å². The van der Waals surface area contributed by atoms with E-state index in [0.717, 1.165) is 6.07 Å². The minimum absolute atomic E-state index is 0.0686. The van der Waals surface area contributed by atoms with E-state index in [-0.39, 0.29) is 5.56 Å². The summed E-state index contributed by atoms with van der Waals surface area (Å²) in [5.74, 6) is -1.32. The van der Waals surface area contributed by atoms with Crippen LogP contribution >= 0.6 is 0 Å². The highest BCUT2D eigenvalue weighted by Gasteiger charge is 2.11. The zero-order valence-electron chi connectivity index (χ0n) is 13.0. The van der Waals surface area contributed by atoms with Crippen molar-refractivity contribution in [1.29, 1.82) is 0 Å². The average Bonchev–Trinajstić information content (AvgIpc) is 2.53. The number of hydrogen-bond acceptors (Lipinski definition) is 3. The normalized spacial score (nSPS) is 10.4. The van der Waals surface area contributed by atoms with Gasteiger partial charge in [-0.2, -0.15) is 0 Å². The molecular formula is C18H18FNO3. The van der Waals surface area contributed by atoms with Crippen molar-refractivity contribution in [2.45, 2.75) is 19.8 Å². The van der Waals surface area contributed by atoms with Crippen LogP contribution in [0, 0.1) is 5.82 Å². The molecule has 4 nitrogen and oxygen atoms in total. The van der Waals surface area contributed by atoms with E-state index in [1.807, 2.05) is 12.1 Å². The molecule has 0 aliphatic rings. The molecule has 0 saturated carbocycles. The van der Waals surface area contributed by atoms with Crippen LogP contribution in [-0.4, -0.2) is 18.5 Å². The predicted molar refractivity (Wildman–Crippen MR) is 85.8 cm³/mol. The van der Waals surface area contributed by atoms with Crippen molar-refractivity contribution in [2.75, 3.05) is 11.9 Å². The van der Waals surface area contributed by atoms with E-state index in [4.69, 9.17) is 4.74 Å². The molecule has 2 aromatic carbocycles. The third-order valence-corrected chi connectivity index (χ3v) is 3.26. The summed E-state index contributed by atoms with van der Waals surface area (Å²) in [6.45, 7) is 3.74. The van der Waals surface area contributed by atoms with E-state index in [1.165, 1.54) is 23.8 Å². The van der Waals surface area contributed by atoms with Gasteiger partial charge in [-0.15, -0.1) is 0 Å². The number of ether oxygens (including phenoxy) is 1. The van der Waals surface area contributed by atoms with Gasteiger partial charge in [-0.3, -0.25) is 4.79 Å². The molecular weight excluding hydrogens is 297 g/mol. The van der Waals surface area contributed by atoms with E-state index in [1.54, 1.807) is 12.1 Å². The number of hydrogen-bond donors (Lipinski definition) is 1. The predicted octanol–water partition coefficient (Wildman–Crippen LogP) is 3.74. The smallest absolute Gasteiger partial charge is 0.338 e. The number of halogens is 1. The minimum Gasteiger partial charge on any atom is -0.452 e. The van der Waals surface area contributed by atoms with Gasteiger partial charge in [0.25, 0.3) is 5.91 Å². The van der Waals surface area contributed by atoms with E-state index >= 15 is 0 Å². The van der Waals surface area contributed by atoms with Gasteiger partial charge in [0.2, 0.25) is 0 Å². The lowest BCUT2D eigenvalue weighted by molar-refractivity contribution is -0.119. The van der Waals surface area contributed by atoms with Crippen LogP contribution in [0.4, 0.5) is 10.1 Å². The molecule has 0 bridgehead atoms. The Balaban J connectivity index is 1.86. The Kier molecular flexibility index (Phi) is 5.46. The molecule has 23 heavy (non-hydrogen) atoms. The van der Waals surface area contributed by atoms with Gasteiger partial charge < -0.3 is 10.1 Å². The standard InChI is InChI=1S/C18H18FNO3/c1-12(2)13-6-8-16(9-7-13)20-17(21)11-23-18(22)14-4-3-5-15(19)10-14/h3-10,12H,11H2,1-2H3,(H,20,21). The van der Waals surface area contributed by atoms with Gasteiger partial charge in [-0.05, 0) is 41.8 Å². The lowest BCUT2D eigenvalue weighted by Gasteiger charge is -2.09. The zero-order chi connectivity index (χ0) is 16.8. The Morgan fingerprint density at radius 2 is 1.83 bits per heavy atom. The molecule has 0 unspecified atom stereocenters. The largest absolute Gasteiger partial charge is 0.452 e. The number of nitrogens with one attached hydrogen (secondary N) is 1. The first kappa shape index (κ1) is 16.7. The second-order valence-corrected chi connectivity index (χ2v) is 5.41. The monoisotopic (exact) mass is 315 g/mol. The highest BCUT2D eigenvalue weighted by molar-refractivity contribution is 5.95. The van der Waals surface area contributed by atoms with E-state index in [9.17, 15) is 14.0 Å². The number of rotatable bonds is 5. The zero-order valence-corrected chi connectivity index (χ0v) is 13.0. The molecule has 0 heterocycles. The highest BCUT2D eigenvalue weighted by atomic mass is 19.1. The maximum Gasteiger partial charge on any atom is 0.338 e. The third-order valence-electron chi connectivity index (χ3n) is 3.26. The van der Waals surface area contributed by atoms with Crippen LogP contribution in [0.5, 0.6) is 0 Å². The van der Waals surface area contributed by atoms with Crippen LogP contribution < -0.4 is 5.32 Å². The van der Waals surface area contributed by atoms with Crippen LogP contribution in [0.2, 0.25) is 0 Å². The van der Waals surface area contributed by atoms with Crippen molar-refractivity contribution < 1.29 is 18.7 Å². The number of anilines is 1. The number of carbonyl (C=O) groups excluding carboxylic acids is 2. The van der Waals surface area contributed by atoms with E-state index < -0.39 is 24.3 Å². The van der Waals surface area contributed by atoms with Gasteiger partial charge in [0.15, 0.2) is 6.61 Å². The lowest BCUT2D eigenvalue weighted by atomic mass is 10.0. The summed E-state index contributed by atoms with van der Waals surface area (Å²) in [6.07, 6.45) is 0. The summed E-state index contributed by atoms with van der Waals surface area (Å²) in [5, 5.41) is 2.64. The number of benzene rings is 2. The molecule has 0 radical (unpaired) electrons. The van der Waals surface area contributed by atoms with Gasteiger partial charge in [0.05, 0.1) is 5.56 Å². The molecule has 2 rings (SSSR count). The van der Waals surface area contributed by atoms with Gasteiger partial charge in [0.1, 0.15) is 5.82 Å². The molecule has 2 aromatic rings. The summed E-state index contributed by atoms with van der Waals surface area (Å²) in [7, 11) is 0. The van der Waals surface area contributed by atoms with Gasteiger partial charge >= 0.3 is 5.97 Å². The number of carbonyl (C=O) groups is 2. The van der Waals surface area contributed by atoms with Crippen molar-refractivity contribution in [3.05, 3.63) is 65.5 Å². The van der Waals surface area contributed by atoms with Crippen molar-refractivity contribution in [1.82, 2.24) is 0 Å². The third kappa shape index (κ3) is 4.92. The molecule has 0 saturated heterocycles. The second kappa shape index (κ2) is 7.54. The molecule has 0 fully saturated rings. The first-order chi connectivity index (χ1) is 11.0. The summed E-state index contributed by atoms with van der Waals surface area (Å²) in [5.41, 5.74) is 1.86. The average molecular weight is 315 g/mol. The van der Waals surface area contributed by atoms with Crippen LogP contribution in [-0.2, 0) is 9.53 Å². The summed E-state index contributed by atoms with van der Waals surface area (Å²) >= 11 is 0. The van der Waals surface area contributed by atoms with Gasteiger partial charge in [0, 0.05) is 5.69 Å². The highest BCUT2D eigenvalue weighted by Crippen LogP contribution is 2.17. The molecule has 0 spiro atoms. The first-order valence-corrected chi connectivity index (χ1v) is 7.28. The Bertz CT molecular complexity index is 696. The van der Waals surface area contributed by atoms with Crippen molar-refractivity contribution >= 4 is 17.6 Å². The molecule has 0 aromatic heterocycles. The Labute approximate surface area is 134 Å². The van der Waals surface area contributed by atoms with Crippen LogP contribution in [0.3, 0.4) is 0 Å². The number of amides is 1. The molecule has 1 amide bonds. The maximum atomic E-state index is 13.0. The fourth-order valence-electron chi connectivity index (χ4n) is 1.98. The molecule has 0 aliphatic carbocycles. The number of esters is 1. The first-order valence-electron chi connectivity index (χ1n) is 7.28. The summed E-state index contributed by atoms with van der Waals surface area (Å²) < 4.78 is 17.9. The Morgan fingerprint density at radius 3 is 2.43 bits per heavy atom. The van der Waals surface area contributed by atoms with E-state index in [2.05, 4.69) is 19.2 Å².